The molecule has 2 unspecified atom stereocenters. The Hall–Kier alpha value is -3.13. The van der Waals surface area contributed by atoms with Crippen LogP contribution < -0.4 is 28.1 Å². The molecule has 0 spiro atoms. The molecule has 3 aliphatic carbocycles. The zero-order valence-corrected chi connectivity index (χ0v) is 21.3. The second kappa shape index (κ2) is 10.9. The maximum Gasteiger partial charge on any atom is 0.165 e. The second-order valence-corrected chi connectivity index (χ2v) is 10.1. The Morgan fingerprint density at radius 3 is 2.53 bits per heavy atom. The number of nitrogens with zero attached hydrogens (tertiary/aromatic N) is 1. The highest BCUT2D eigenvalue weighted by molar-refractivity contribution is 5.70. The van der Waals surface area contributed by atoms with Gasteiger partial charge in [-0.25, -0.2) is 10.8 Å². The topological polar surface area (TPSA) is 124 Å². The minimum absolute atomic E-state index is 0.0367. The lowest BCUT2D eigenvalue weighted by atomic mass is 9.53. The number of fused-ring (bicyclic) bond motifs is 3. The van der Waals surface area contributed by atoms with E-state index in [9.17, 15) is 0 Å². The fraction of sp³-hybridized carbons (Fsp3) is 0.414. The maximum atomic E-state index is 6.48. The number of benzene rings is 1. The number of ether oxygens (including phenoxy) is 1. The van der Waals surface area contributed by atoms with Gasteiger partial charge in [0.05, 0.1) is 11.8 Å². The summed E-state index contributed by atoms with van der Waals surface area (Å²) in [6.45, 7) is 8.80. The molecule has 3 fully saturated rings. The van der Waals surface area contributed by atoms with E-state index in [0.29, 0.717) is 17.3 Å². The number of anilines is 3. The third kappa shape index (κ3) is 4.78. The van der Waals surface area contributed by atoms with Crippen molar-refractivity contribution in [2.75, 3.05) is 30.5 Å². The van der Waals surface area contributed by atoms with E-state index in [-0.39, 0.29) is 23.0 Å². The summed E-state index contributed by atoms with van der Waals surface area (Å²) < 4.78 is 6.10. The van der Waals surface area contributed by atoms with Gasteiger partial charge in [0, 0.05) is 18.6 Å². The molecule has 2 bridgehead atoms. The molecule has 1 aromatic carbocycles. The van der Waals surface area contributed by atoms with Crippen LogP contribution in [0, 0.1) is 5.41 Å². The Morgan fingerprint density at radius 1 is 1.19 bits per heavy atom. The van der Waals surface area contributed by atoms with Gasteiger partial charge in [-0.3, -0.25) is 0 Å². The van der Waals surface area contributed by atoms with Crippen molar-refractivity contribution in [2.45, 2.75) is 56.1 Å². The van der Waals surface area contributed by atoms with Crippen molar-refractivity contribution < 1.29 is 4.74 Å². The first-order chi connectivity index (χ1) is 17.4. The largest absolute Gasteiger partial charge is 0.395 e. The molecule has 2 atom stereocenters. The van der Waals surface area contributed by atoms with Gasteiger partial charge >= 0.3 is 0 Å². The number of nitrogens with two attached hydrogens (primary N) is 3. The van der Waals surface area contributed by atoms with Crippen molar-refractivity contribution in [3.05, 3.63) is 84.5 Å². The molecule has 1 heterocycles. The van der Waals surface area contributed by atoms with E-state index in [1.165, 1.54) is 11.1 Å². The third-order valence-electron chi connectivity index (χ3n) is 8.44. The summed E-state index contributed by atoms with van der Waals surface area (Å²) in [5.41, 5.74) is 19.2. The number of aromatic nitrogens is 1. The van der Waals surface area contributed by atoms with E-state index in [1.54, 1.807) is 0 Å². The molecule has 0 amide bonds. The van der Waals surface area contributed by atoms with E-state index in [2.05, 4.69) is 47.1 Å². The molecule has 0 aliphatic heterocycles. The van der Waals surface area contributed by atoms with Crippen LogP contribution in [0.25, 0.3) is 0 Å². The minimum atomic E-state index is -0.0367. The molecular formula is C29H40N6O. The van der Waals surface area contributed by atoms with Crippen LogP contribution in [0.3, 0.4) is 0 Å². The molecular weight excluding hydrogens is 448 g/mol. The molecule has 0 radical (unpaired) electrons. The Morgan fingerprint density at radius 2 is 1.92 bits per heavy atom. The van der Waals surface area contributed by atoms with E-state index < -0.39 is 0 Å². The van der Waals surface area contributed by atoms with Crippen LogP contribution in [-0.4, -0.2) is 30.3 Å². The predicted octanol–water partition coefficient (Wildman–Crippen LogP) is 4.66. The predicted molar refractivity (Wildman–Crippen MR) is 149 cm³/mol. The first-order valence-electron chi connectivity index (χ1n) is 12.7. The molecule has 3 aliphatic rings. The highest BCUT2D eigenvalue weighted by Crippen LogP contribution is 2.57. The lowest BCUT2D eigenvalue weighted by molar-refractivity contribution is -0.0894. The van der Waals surface area contributed by atoms with Crippen molar-refractivity contribution in [3.63, 3.8) is 0 Å². The monoisotopic (exact) mass is 488 g/mol. The third-order valence-corrected chi connectivity index (χ3v) is 8.44. The molecule has 7 heteroatoms. The fourth-order valence-electron chi connectivity index (χ4n) is 6.49. The molecule has 192 valence electrons. The lowest BCUT2D eigenvalue weighted by Gasteiger charge is -2.58. The second-order valence-electron chi connectivity index (χ2n) is 10.1. The van der Waals surface area contributed by atoms with Crippen molar-refractivity contribution in [3.8, 4) is 0 Å². The number of hydrazine groups is 1. The Kier molecular flexibility index (Phi) is 7.83. The van der Waals surface area contributed by atoms with Gasteiger partial charge in [-0.05, 0) is 73.3 Å². The normalized spacial score (nSPS) is 26.4. The molecule has 0 saturated heterocycles. The number of nitrogen functional groups attached to an aromatic ring is 3. The van der Waals surface area contributed by atoms with Crippen molar-refractivity contribution in [2.24, 2.45) is 11.3 Å². The maximum absolute atomic E-state index is 6.48. The average molecular weight is 489 g/mol. The summed E-state index contributed by atoms with van der Waals surface area (Å²) in [6.07, 6.45) is 12.3. The van der Waals surface area contributed by atoms with Gasteiger partial charge in [-0.1, -0.05) is 61.7 Å². The smallest absolute Gasteiger partial charge is 0.165 e. The Labute approximate surface area is 214 Å². The summed E-state index contributed by atoms with van der Waals surface area (Å²) >= 11 is 0. The molecule has 2 aromatic rings. The summed E-state index contributed by atoms with van der Waals surface area (Å²) in [5.74, 6) is 6.50. The Bertz CT molecular complexity index is 1100. The van der Waals surface area contributed by atoms with E-state index in [1.807, 2.05) is 43.5 Å². The Balaban J connectivity index is 1.55. The van der Waals surface area contributed by atoms with Gasteiger partial charge in [-0.2, -0.15) is 0 Å². The number of rotatable bonds is 11. The molecule has 3 saturated carbocycles. The zero-order chi connectivity index (χ0) is 25.8. The zero-order valence-electron chi connectivity index (χ0n) is 21.3. The van der Waals surface area contributed by atoms with E-state index >= 15 is 0 Å². The molecule has 5 rings (SSSR count). The number of hydrogen-bond donors (Lipinski definition) is 5. The number of allylic oxidation sites excluding steroid dienone is 4. The van der Waals surface area contributed by atoms with Gasteiger partial charge in [0.15, 0.2) is 5.82 Å². The van der Waals surface area contributed by atoms with Crippen LogP contribution in [0.4, 0.5) is 17.3 Å². The lowest BCUT2D eigenvalue weighted by Crippen LogP contribution is -2.64. The summed E-state index contributed by atoms with van der Waals surface area (Å²) in [5, 5.41) is 3.94. The first-order valence-corrected chi connectivity index (χ1v) is 12.7. The molecule has 7 nitrogen and oxygen atoms in total. The molecule has 8 N–H and O–H groups in total. The van der Waals surface area contributed by atoms with Gasteiger partial charge in [0.1, 0.15) is 5.82 Å². The summed E-state index contributed by atoms with van der Waals surface area (Å²) in [4.78, 5) is 4.24. The van der Waals surface area contributed by atoms with Crippen molar-refractivity contribution >= 4 is 17.3 Å². The van der Waals surface area contributed by atoms with E-state index in [4.69, 9.17) is 22.0 Å². The van der Waals surface area contributed by atoms with Crippen molar-refractivity contribution in [1.29, 1.82) is 0 Å². The van der Waals surface area contributed by atoms with Gasteiger partial charge in [-0.15, -0.1) is 0 Å². The van der Waals surface area contributed by atoms with Crippen LogP contribution in [0.15, 0.2) is 73.4 Å². The quantitative estimate of drug-likeness (QED) is 0.177. The highest BCUT2D eigenvalue weighted by atomic mass is 16.5. The number of pyridine rings is 1. The van der Waals surface area contributed by atoms with Crippen molar-refractivity contribution in [1.82, 2.24) is 10.3 Å². The van der Waals surface area contributed by atoms with E-state index in [0.717, 1.165) is 50.6 Å². The minimum Gasteiger partial charge on any atom is -0.395 e. The van der Waals surface area contributed by atoms with Gasteiger partial charge < -0.3 is 26.9 Å². The highest BCUT2D eigenvalue weighted by Gasteiger charge is 2.55. The average Bonchev–Trinajstić information content (AvgIpc) is 2.92. The van der Waals surface area contributed by atoms with Crippen LogP contribution in [-0.2, 0) is 4.74 Å². The van der Waals surface area contributed by atoms with Crippen LogP contribution in [0.2, 0.25) is 0 Å². The summed E-state index contributed by atoms with van der Waals surface area (Å²) in [6, 6.07) is 12.2. The molecule has 1 aromatic heterocycles. The fourth-order valence-corrected chi connectivity index (χ4v) is 6.49. The van der Waals surface area contributed by atoms with Crippen LogP contribution >= 0.6 is 0 Å². The standard InChI is InChI=1S/C29H40N6O/c1-4-9-21(5-2)28-13-15-29(16-14-28,24(19-28)36-3)33-17-12-22(20-10-7-6-8-11-20)23-18-25(30)34-27(35-32)26(23)31/h4-11,18,22,24,33H,1-2,12-17,19,31-32H2,3H3,(H3,30,34,35)/b21-9+. The summed E-state index contributed by atoms with van der Waals surface area (Å²) in [7, 11) is 1.84. The van der Waals surface area contributed by atoms with Crippen LogP contribution in [0.5, 0.6) is 0 Å². The number of hydrogen-bond acceptors (Lipinski definition) is 7. The van der Waals surface area contributed by atoms with Gasteiger partial charge in [0.2, 0.25) is 0 Å². The number of nitrogens with one attached hydrogen (secondary N) is 2. The SMILES string of the molecule is C=C/C=C(\C=C)C12CCC(NCCC(c3ccccc3)c3cc(N)nc(NN)c3N)(CC1)C(OC)C2. The van der Waals surface area contributed by atoms with Gasteiger partial charge in [0.25, 0.3) is 0 Å². The number of methoxy groups -OCH3 is 1. The molecule has 36 heavy (non-hydrogen) atoms. The van der Waals surface area contributed by atoms with Crippen LogP contribution in [0.1, 0.15) is 55.6 Å². The first kappa shape index (κ1) is 25.9.